The molecule has 6 rings (SSSR count). The molecule has 1 N–H and O–H groups in total. The van der Waals surface area contributed by atoms with Crippen LogP contribution < -0.4 is 10.2 Å². The van der Waals surface area contributed by atoms with Crippen molar-refractivity contribution < 1.29 is 22.8 Å². The number of anilines is 3. The molecule has 0 aromatic carbocycles. The summed E-state index contributed by atoms with van der Waals surface area (Å²) >= 11 is 0. The normalized spacial score (nSPS) is 19.2. The van der Waals surface area contributed by atoms with Gasteiger partial charge in [-0.1, -0.05) is 0 Å². The zero-order valence-electron chi connectivity index (χ0n) is 23.7. The van der Waals surface area contributed by atoms with E-state index in [2.05, 4.69) is 31.5 Å². The lowest BCUT2D eigenvalue weighted by molar-refractivity contribution is -0.168. The van der Waals surface area contributed by atoms with Crippen LogP contribution in [0.5, 0.6) is 0 Å². The second-order valence-corrected chi connectivity index (χ2v) is 11.7. The number of halogens is 3. The number of fused-ring (bicyclic) bond motifs is 1. The predicted octanol–water partition coefficient (Wildman–Crippen LogP) is 1.57. The Hall–Kier alpha value is -4.39. The average Bonchev–Trinajstić information content (AvgIpc) is 3.53. The molecule has 0 radical (unpaired) electrons. The van der Waals surface area contributed by atoms with E-state index in [9.17, 15) is 28.0 Å². The third-order valence-corrected chi connectivity index (χ3v) is 8.35. The van der Waals surface area contributed by atoms with Gasteiger partial charge < -0.3 is 24.9 Å². The van der Waals surface area contributed by atoms with Crippen LogP contribution in [0.3, 0.4) is 0 Å². The van der Waals surface area contributed by atoms with Crippen molar-refractivity contribution in [1.29, 1.82) is 5.26 Å². The second-order valence-electron chi connectivity index (χ2n) is 11.7. The fourth-order valence-corrected chi connectivity index (χ4v) is 5.99. The molecule has 3 aliphatic rings. The lowest BCUT2D eigenvalue weighted by Gasteiger charge is -2.53. The number of alkyl halides is 3. The van der Waals surface area contributed by atoms with Gasteiger partial charge in [0.15, 0.2) is 5.65 Å². The summed E-state index contributed by atoms with van der Waals surface area (Å²) in [4.78, 5) is 37.9. The first-order valence-corrected chi connectivity index (χ1v) is 14.1. The second kappa shape index (κ2) is 11.0. The Labute approximate surface area is 245 Å². The standard InChI is InChI=1S/C27H32F3N11O2/c1-36-7-9-37(10-8-36)22(42)16-40-15-20(12-32-40)33-25-34-23-21(3-2-6-41(23)35-25)39-17-26(18-39,4-5-31)24(43)38-13-19(14-38)11-27(28,29)30/h2-3,6,12,15,19H,4,7-11,13-14,16-18H2,1H3,(H,33,35). The lowest BCUT2D eigenvalue weighted by atomic mass is 9.74. The largest absolute Gasteiger partial charge is 0.389 e. The summed E-state index contributed by atoms with van der Waals surface area (Å²) in [5.41, 5.74) is 0.901. The number of nitriles is 1. The molecule has 13 nitrogen and oxygen atoms in total. The molecule has 3 aromatic heterocycles. The Bertz CT molecular complexity index is 1540. The first kappa shape index (κ1) is 28.7. The van der Waals surface area contributed by atoms with Crippen molar-refractivity contribution in [1.82, 2.24) is 39.1 Å². The molecule has 0 bridgehead atoms. The summed E-state index contributed by atoms with van der Waals surface area (Å²) in [6.45, 7) is 3.82. The molecule has 0 unspecified atom stereocenters. The molecule has 0 saturated carbocycles. The summed E-state index contributed by atoms with van der Waals surface area (Å²) in [7, 11) is 2.03. The topological polar surface area (TPSA) is 131 Å². The third kappa shape index (κ3) is 5.94. The van der Waals surface area contributed by atoms with E-state index in [1.54, 1.807) is 33.9 Å². The van der Waals surface area contributed by atoms with E-state index in [1.807, 2.05) is 22.9 Å². The van der Waals surface area contributed by atoms with Gasteiger partial charge in [-0.25, -0.2) is 4.52 Å². The maximum atomic E-state index is 13.2. The molecule has 0 spiro atoms. The van der Waals surface area contributed by atoms with Crippen LogP contribution in [0.2, 0.25) is 0 Å². The molecule has 3 fully saturated rings. The van der Waals surface area contributed by atoms with Crippen LogP contribution in [-0.2, 0) is 16.1 Å². The molecule has 0 aliphatic carbocycles. The number of carbonyl (C=O) groups is 2. The van der Waals surface area contributed by atoms with Crippen LogP contribution in [0.1, 0.15) is 12.8 Å². The monoisotopic (exact) mass is 599 g/mol. The number of amides is 2. The molecular formula is C27H32F3N11O2. The van der Waals surface area contributed by atoms with Crippen LogP contribution in [0.25, 0.3) is 5.65 Å². The number of hydrogen-bond acceptors (Lipinski definition) is 9. The minimum atomic E-state index is -4.26. The van der Waals surface area contributed by atoms with E-state index in [0.29, 0.717) is 30.4 Å². The highest BCUT2D eigenvalue weighted by Crippen LogP contribution is 2.42. The zero-order chi connectivity index (χ0) is 30.4. The van der Waals surface area contributed by atoms with E-state index in [1.165, 1.54) is 4.90 Å². The van der Waals surface area contributed by atoms with Crippen LogP contribution in [0, 0.1) is 22.7 Å². The van der Waals surface area contributed by atoms with Crippen LogP contribution in [0.15, 0.2) is 30.7 Å². The summed E-state index contributed by atoms with van der Waals surface area (Å²) < 4.78 is 41.3. The quantitative estimate of drug-likeness (QED) is 0.410. The van der Waals surface area contributed by atoms with Crippen molar-refractivity contribution in [2.45, 2.75) is 25.6 Å². The number of hydrogen-bond donors (Lipinski definition) is 1. The van der Waals surface area contributed by atoms with Gasteiger partial charge in [0.2, 0.25) is 17.8 Å². The highest BCUT2D eigenvalue weighted by atomic mass is 19.4. The summed E-state index contributed by atoms with van der Waals surface area (Å²) in [5.74, 6) is -0.551. The van der Waals surface area contributed by atoms with Crippen LogP contribution in [0.4, 0.5) is 30.5 Å². The summed E-state index contributed by atoms with van der Waals surface area (Å²) in [6, 6.07) is 5.73. The molecule has 0 atom stereocenters. The number of piperazine rings is 1. The number of carbonyl (C=O) groups excluding carboxylic acids is 2. The van der Waals surface area contributed by atoms with Crippen LogP contribution in [-0.4, -0.2) is 116 Å². The fourth-order valence-electron chi connectivity index (χ4n) is 5.99. The van der Waals surface area contributed by atoms with Gasteiger partial charge in [0.1, 0.15) is 6.54 Å². The van der Waals surface area contributed by atoms with Crippen molar-refractivity contribution in [2.24, 2.45) is 11.3 Å². The maximum Gasteiger partial charge on any atom is 0.389 e. The molecule has 3 saturated heterocycles. The van der Waals surface area contributed by atoms with Crippen molar-refractivity contribution in [3.8, 4) is 6.07 Å². The number of aromatic nitrogens is 5. The summed E-state index contributed by atoms with van der Waals surface area (Å²) in [6.07, 6.45) is -0.139. The molecule has 228 valence electrons. The SMILES string of the molecule is CN1CCN(C(=O)Cn2cc(Nc3nc4c(N5CC(CC#N)(C(=O)N6CC(CC(F)(F)F)C6)C5)cccn4n3)cn2)CC1. The first-order valence-electron chi connectivity index (χ1n) is 14.1. The fraction of sp³-hybridized carbons (Fsp3) is 0.556. The number of rotatable bonds is 8. The van der Waals surface area contributed by atoms with E-state index in [4.69, 9.17) is 0 Å². The number of pyridine rings is 1. The Balaban J connectivity index is 1.09. The zero-order valence-corrected chi connectivity index (χ0v) is 23.7. The predicted molar refractivity (Wildman–Crippen MR) is 148 cm³/mol. The molecule has 3 aliphatic heterocycles. The van der Waals surface area contributed by atoms with Gasteiger partial charge in [-0.2, -0.15) is 28.5 Å². The van der Waals surface area contributed by atoms with E-state index in [-0.39, 0.29) is 51.0 Å². The lowest BCUT2D eigenvalue weighted by Crippen LogP contribution is -2.67. The number of likely N-dealkylation sites (N-methyl/N-ethyl adjacent to an activating group) is 1. The van der Waals surface area contributed by atoms with Crippen LogP contribution >= 0.6 is 0 Å². The Morgan fingerprint density at radius 2 is 1.91 bits per heavy atom. The molecule has 3 aromatic rings. The van der Waals surface area contributed by atoms with Gasteiger partial charge in [0.05, 0.1) is 35.5 Å². The maximum absolute atomic E-state index is 13.2. The van der Waals surface area contributed by atoms with E-state index in [0.717, 1.165) is 18.8 Å². The number of nitrogens with one attached hydrogen (secondary N) is 1. The van der Waals surface area contributed by atoms with Gasteiger partial charge in [-0.05, 0) is 19.2 Å². The van der Waals surface area contributed by atoms with E-state index < -0.39 is 23.9 Å². The van der Waals surface area contributed by atoms with Crippen molar-refractivity contribution in [3.63, 3.8) is 0 Å². The Kier molecular flexibility index (Phi) is 7.36. The molecule has 2 amide bonds. The smallest absolute Gasteiger partial charge is 0.366 e. The average molecular weight is 600 g/mol. The van der Waals surface area contributed by atoms with E-state index >= 15 is 0 Å². The van der Waals surface area contributed by atoms with Gasteiger partial charge in [-0.15, -0.1) is 5.10 Å². The Morgan fingerprint density at radius 3 is 2.60 bits per heavy atom. The number of nitrogens with zero attached hydrogens (tertiary/aromatic N) is 10. The van der Waals surface area contributed by atoms with Crippen molar-refractivity contribution in [2.75, 3.05) is 69.6 Å². The minimum Gasteiger partial charge on any atom is -0.366 e. The molecular weight excluding hydrogens is 567 g/mol. The minimum absolute atomic E-state index is 0.00832. The molecule has 16 heteroatoms. The summed E-state index contributed by atoms with van der Waals surface area (Å²) in [5, 5.41) is 21.3. The van der Waals surface area contributed by atoms with Gasteiger partial charge >= 0.3 is 6.18 Å². The van der Waals surface area contributed by atoms with Crippen molar-refractivity contribution >= 4 is 34.8 Å². The highest BCUT2D eigenvalue weighted by Gasteiger charge is 2.54. The molecule has 6 heterocycles. The number of likely N-dealkylation sites (tertiary alicyclic amines) is 1. The Morgan fingerprint density at radius 1 is 1.16 bits per heavy atom. The highest BCUT2D eigenvalue weighted by molar-refractivity contribution is 5.88. The van der Waals surface area contributed by atoms with Gasteiger partial charge in [-0.3, -0.25) is 14.3 Å². The molecule has 43 heavy (non-hydrogen) atoms. The van der Waals surface area contributed by atoms with Crippen molar-refractivity contribution in [3.05, 3.63) is 30.7 Å². The first-order chi connectivity index (χ1) is 20.5. The van der Waals surface area contributed by atoms with Gasteiger partial charge in [0.25, 0.3) is 0 Å². The third-order valence-electron chi connectivity index (χ3n) is 8.35. The van der Waals surface area contributed by atoms with Gasteiger partial charge in [0, 0.05) is 77.1 Å².